The van der Waals surface area contributed by atoms with E-state index in [-0.39, 0.29) is 61.1 Å². The fraction of sp³-hybridized carbons (Fsp3) is 0.578. The molecule has 11 atom stereocenters. The van der Waals surface area contributed by atoms with Gasteiger partial charge in [0.2, 0.25) is 11.8 Å². The third-order valence-corrected chi connectivity index (χ3v) is 13.8. The minimum absolute atomic E-state index is 0.00221. The number of carbonyl (C=O) groups excluding carboxylic acids is 3. The van der Waals surface area contributed by atoms with Crippen LogP contribution in [0.4, 0.5) is 23.4 Å². The highest BCUT2D eigenvalue weighted by Gasteiger charge is 2.42. The number of aromatic nitrogens is 3. The predicted octanol–water partition coefficient (Wildman–Crippen LogP) is 5.57. The Morgan fingerprint density at radius 3 is 2.59 bits per heavy atom. The molecule has 5 N–H and O–H groups in total. The number of Topliss-reactive ketones (excluding diaryl/α,β-unsaturated/α-hetero) is 1. The molecule has 5 aliphatic rings. The lowest BCUT2D eigenvalue weighted by atomic mass is 9.90. The summed E-state index contributed by atoms with van der Waals surface area (Å²) in [5.74, 6) is 0.702. The molecule has 346 valence electrons. The van der Waals surface area contributed by atoms with Crippen molar-refractivity contribution in [2.75, 3.05) is 25.1 Å². The maximum atomic E-state index is 14.7. The summed E-state index contributed by atoms with van der Waals surface area (Å²) in [6.07, 6.45) is 3.84. The fourth-order valence-corrected chi connectivity index (χ4v) is 10.5. The van der Waals surface area contributed by atoms with Crippen molar-refractivity contribution in [3.63, 3.8) is 0 Å². The van der Waals surface area contributed by atoms with Crippen LogP contribution in [-0.2, 0) is 38.2 Å². The number of hydrogen-bond acceptors (Lipinski definition) is 11. The molecule has 19 heteroatoms. The van der Waals surface area contributed by atoms with Crippen molar-refractivity contribution in [2.45, 2.75) is 125 Å². The van der Waals surface area contributed by atoms with Gasteiger partial charge in [-0.25, -0.2) is 9.37 Å². The Balaban J connectivity index is 0.798. The second-order valence-corrected chi connectivity index (χ2v) is 18.9. The van der Waals surface area contributed by atoms with Gasteiger partial charge in [0, 0.05) is 18.7 Å². The maximum absolute atomic E-state index is 14.7. The molecule has 3 aromatic rings. The summed E-state index contributed by atoms with van der Waals surface area (Å²) < 4.78 is 67.5. The first-order chi connectivity index (χ1) is 30.6. The van der Waals surface area contributed by atoms with Crippen LogP contribution < -0.4 is 16.0 Å². The van der Waals surface area contributed by atoms with E-state index >= 15 is 0 Å². The molecule has 0 spiro atoms. The van der Waals surface area contributed by atoms with Crippen molar-refractivity contribution >= 4 is 50.2 Å². The zero-order valence-corrected chi connectivity index (χ0v) is 36.9. The average molecular weight is 961 g/mol. The Labute approximate surface area is 376 Å². The van der Waals surface area contributed by atoms with Crippen molar-refractivity contribution in [3.8, 4) is 0 Å². The van der Waals surface area contributed by atoms with E-state index < -0.39 is 60.3 Å². The number of allylic oxidation sites excluding steroid dienone is 2. The monoisotopic (exact) mass is 959 g/mol. The highest BCUT2D eigenvalue weighted by Crippen LogP contribution is 2.42. The number of halogens is 5. The highest BCUT2D eigenvalue weighted by atomic mass is 79.9. The van der Waals surface area contributed by atoms with E-state index in [1.165, 1.54) is 28.6 Å². The number of benzene rings is 1. The molecule has 0 radical (unpaired) electrons. The first-order valence-electron chi connectivity index (χ1n) is 22.0. The predicted molar refractivity (Wildman–Crippen MR) is 231 cm³/mol. The number of carbonyl (C=O) groups is 3. The first kappa shape index (κ1) is 46.1. The molecule has 14 nitrogen and oxygen atoms in total. The van der Waals surface area contributed by atoms with Gasteiger partial charge in [0.1, 0.15) is 65.0 Å². The van der Waals surface area contributed by atoms with Crippen molar-refractivity contribution < 1.29 is 51.6 Å². The minimum Gasteiger partial charge on any atom is -0.388 e. The van der Waals surface area contributed by atoms with Crippen LogP contribution in [0.5, 0.6) is 0 Å². The molecular weight excluding hydrogens is 906 g/mol. The topological polar surface area (TPSA) is 180 Å². The maximum Gasteiger partial charge on any atom is 0.433 e. The van der Waals surface area contributed by atoms with Crippen LogP contribution in [0, 0.1) is 17.8 Å². The molecule has 2 saturated carbocycles. The SMILES string of the molecule is CC(=O)c1nn(CC(=O)N2C[C@H](F)C[C@H]2C(=O)NC2=CC=CC(Br)N2)c2ccc(CC3CCC(CC4CCC(OC[C@H]5OC[C@H](Nc6cccc(C(F)(F)F)n6)[C@@H](O)[C@H]5O)C4)C3)cc12. The fourth-order valence-electron chi connectivity index (χ4n) is 10.1. The van der Waals surface area contributed by atoms with Gasteiger partial charge in [0.25, 0.3) is 0 Å². The molecule has 4 fully saturated rings. The van der Waals surface area contributed by atoms with Gasteiger partial charge in [0.15, 0.2) is 5.78 Å². The Hall–Kier alpha value is -4.43. The molecule has 2 amide bonds. The quantitative estimate of drug-likeness (QED) is 0.0591. The van der Waals surface area contributed by atoms with Gasteiger partial charge in [-0.2, -0.15) is 18.3 Å². The standard InChI is InChI=1S/C45H54BrF4N7O7/c1-24(58)41-31-18-28(11-13-33(31)57(55-41)21-40(59)56-20-29(47)19-34(56)44(62)54-39-7-3-5-37(46)53-39)16-26-9-8-25(14-26)15-27-10-12-30(17-27)63-23-35-43(61)42(60)32(22-64-35)51-38-6-2-4-36(52-38)45(48,49)50/h2-7,11,13,18,25-27,29-30,32,34-35,37,42-43,53,60-61H,8-10,12,14-17,19-23H2,1H3,(H,51,52)(H,54,62)/t25?,26?,27?,29-,30?,32+,34+,35-,37?,42-,43+/m1/s1. The van der Waals surface area contributed by atoms with Gasteiger partial charge in [0.05, 0.1) is 37.4 Å². The second kappa shape index (κ2) is 19.6. The van der Waals surface area contributed by atoms with E-state index in [0.717, 1.165) is 63.0 Å². The van der Waals surface area contributed by atoms with Crippen LogP contribution in [0.2, 0.25) is 0 Å². The molecule has 5 heterocycles. The van der Waals surface area contributed by atoms with Crippen LogP contribution in [0.3, 0.4) is 0 Å². The number of pyridine rings is 1. The van der Waals surface area contributed by atoms with E-state index in [1.807, 2.05) is 24.3 Å². The number of nitrogens with one attached hydrogen (secondary N) is 3. The summed E-state index contributed by atoms with van der Waals surface area (Å²) in [7, 11) is 0. The van der Waals surface area contributed by atoms with E-state index in [9.17, 15) is 42.2 Å². The Kier molecular flexibility index (Phi) is 14.1. The number of dihydropyridines is 1. The minimum atomic E-state index is -4.61. The third-order valence-electron chi connectivity index (χ3n) is 13.2. The van der Waals surface area contributed by atoms with Crippen molar-refractivity contribution in [3.05, 3.63) is 77.4 Å². The summed E-state index contributed by atoms with van der Waals surface area (Å²) in [5, 5.41) is 35.3. The van der Waals surface area contributed by atoms with Gasteiger partial charge in [-0.3, -0.25) is 19.1 Å². The van der Waals surface area contributed by atoms with Crippen LogP contribution in [0.25, 0.3) is 10.9 Å². The van der Waals surface area contributed by atoms with Crippen molar-refractivity contribution in [1.29, 1.82) is 0 Å². The zero-order valence-electron chi connectivity index (χ0n) is 35.4. The molecule has 5 unspecified atom stereocenters. The summed E-state index contributed by atoms with van der Waals surface area (Å²) in [6.45, 7) is 1.01. The van der Waals surface area contributed by atoms with Crippen LogP contribution >= 0.6 is 15.9 Å². The average Bonchev–Trinajstić information content (AvgIpc) is 4.06. The van der Waals surface area contributed by atoms with E-state index in [4.69, 9.17) is 9.47 Å². The molecule has 0 bridgehead atoms. The van der Waals surface area contributed by atoms with E-state index in [2.05, 4.69) is 42.0 Å². The molecule has 3 aliphatic heterocycles. The highest BCUT2D eigenvalue weighted by molar-refractivity contribution is 9.09. The number of ether oxygens (including phenoxy) is 2. The first-order valence-corrected chi connectivity index (χ1v) is 22.9. The number of likely N-dealkylation sites (tertiary alicyclic amines) is 1. The number of alkyl halides is 5. The lowest BCUT2D eigenvalue weighted by molar-refractivity contribution is -0.165. The van der Waals surface area contributed by atoms with Gasteiger partial charge in [-0.05, 0) is 98.6 Å². The number of amides is 2. The molecule has 2 saturated heterocycles. The number of hydrogen-bond donors (Lipinski definition) is 5. The van der Waals surface area contributed by atoms with Crippen LogP contribution in [-0.4, -0.2) is 115 Å². The third kappa shape index (κ3) is 10.8. The summed E-state index contributed by atoms with van der Waals surface area (Å²) in [6, 6.07) is 7.46. The number of rotatable bonds is 14. The second-order valence-electron chi connectivity index (χ2n) is 17.9. The number of aliphatic hydroxyl groups excluding tert-OH is 2. The number of anilines is 1. The summed E-state index contributed by atoms with van der Waals surface area (Å²) >= 11 is 3.40. The number of ketones is 1. The zero-order chi connectivity index (χ0) is 45.3. The Morgan fingerprint density at radius 1 is 1.03 bits per heavy atom. The van der Waals surface area contributed by atoms with E-state index in [0.29, 0.717) is 34.5 Å². The lowest BCUT2D eigenvalue weighted by Gasteiger charge is -2.38. The molecule has 2 aliphatic carbocycles. The Morgan fingerprint density at radius 2 is 1.81 bits per heavy atom. The summed E-state index contributed by atoms with van der Waals surface area (Å²) in [4.78, 5) is 44.3. The van der Waals surface area contributed by atoms with Crippen LogP contribution in [0.15, 0.2) is 60.4 Å². The Bertz CT molecular complexity index is 2260. The number of nitrogens with zero attached hydrogens (tertiary/aromatic N) is 4. The molecule has 1 aromatic carbocycles. The summed E-state index contributed by atoms with van der Waals surface area (Å²) in [5.41, 5.74) is 0.885. The molecule has 64 heavy (non-hydrogen) atoms. The van der Waals surface area contributed by atoms with Crippen molar-refractivity contribution in [2.24, 2.45) is 17.8 Å². The molecule has 2 aromatic heterocycles. The van der Waals surface area contributed by atoms with Gasteiger partial charge < -0.3 is 40.5 Å². The number of aliphatic hydroxyl groups is 2. The van der Waals surface area contributed by atoms with E-state index in [1.54, 1.807) is 12.2 Å². The van der Waals surface area contributed by atoms with Gasteiger partial charge >= 0.3 is 6.18 Å². The lowest BCUT2D eigenvalue weighted by Crippen LogP contribution is -2.57. The van der Waals surface area contributed by atoms with Crippen molar-refractivity contribution in [1.82, 2.24) is 30.3 Å². The van der Waals surface area contributed by atoms with Gasteiger partial charge in [-0.1, -0.05) is 46.6 Å². The largest absolute Gasteiger partial charge is 0.433 e. The normalized spacial score (nSPS) is 30.7. The molecular formula is C45H54BrF4N7O7. The smallest absolute Gasteiger partial charge is 0.388 e. The van der Waals surface area contributed by atoms with Gasteiger partial charge in [-0.15, -0.1) is 0 Å². The molecule has 8 rings (SSSR count). The number of fused-ring (bicyclic) bond motifs is 1. The van der Waals surface area contributed by atoms with Crippen LogP contribution in [0.1, 0.15) is 80.0 Å².